The van der Waals surface area contributed by atoms with Gasteiger partial charge in [0.2, 0.25) is 0 Å². The molecular weight excluding hydrogens is 229 g/mol. The van der Waals surface area contributed by atoms with Gasteiger partial charge in [-0.2, -0.15) is 13.2 Å². The van der Waals surface area contributed by atoms with Gasteiger partial charge in [-0.15, -0.1) is 0 Å². The molecule has 0 aromatic heterocycles. The number of ketones is 2. The Balaban J connectivity index is 4.60. The van der Waals surface area contributed by atoms with Gasteiger partial charge < -0.3 is 5.11 Å². The summed E-state index contributed by atoms with van der Waals surface area (Å²) in [4.78, 5) is 32.1. The number of hydrogen-bond acceptors (Lipinski definition) is 3. The summed E-state index contributed by atoms with van der Waals surface area (Å²) in [7, 11) is 0. The van der Waals surface area contributed by atoms with E-state index < -0.39 is 42.0 Å². The van der Waals surface area contributed by atoms with Crippen molar-refractivity contribution < 1.29 is 32.7 Å². The maximum Gasteiger partial charge on any atom is 0.400 e. The highest BCUT2D eigenvalue weighted by molar-refractivity contribution is 6.06. The topological polar surface area (TPSA) is 71.4 Å². The second-order valence-corrected chi connectivity index (χ2v) is 3.83. The average molecular weight is 240 g/mol. The molecule has 1 N–H and O–H groups in total. The lowest BCUT2D eigenvalue weighted by Gasteiger charge is -2.25. The Morgan fingerprint density at radius 3 is 1.81 bits per heavy atom. The summed E-state index contributed by atoms with van der Waals surface area (Å²) in [6.45, 7) is 1.31. The average Bonchev–Trinajstić information content (AvgIpc) is 1.99. The Kier molecular flexibility index (Phi) is 4.22. The quantitative estimate of drug-likeness (QED) is 0.740. The fourth-order valence-corrected chi connectivity index (χ4v) is 0.789. The van der Waals surface area contributed by atoms with Crippen LogP contribution in [0.15, 0.2) is 0 Å². The number of rotatable bonds is 5. The summed E-state index contributed by atoms with van der Waals surface area (Å²) >= 11 is 0. The van der Waals surface area contributed by atoms with E-state index in [9.17, 15) is 27.6 Å². The van der Waals surface area contributed by atoms with Crippen LogP contribution in [-0.2, 0) is 14.4 Å². The summed E-state index contributed by atoms with van der Waals surface area (Å²) in [5.41, 5.74) is -2.64. The minimum Gasteiger partial charge on any atom is -0.481 e. The zero-order chi connectivity index (χ0) is 13.1. The molecule has 0 amide bonds. The zero-order valence-corrected chi connectivity index (χ0v) is 8.72. The molecule has 0 aliphatic heterocycles. The second kappa shape index (κ2) is 4.63. The Hall–Kier alpha value is -1.40. The highest BCUT2D eigenvalue weighted by atomic mass is 19.4. The van der Waals surface area contributed by atoms with Crippen molar-refractivity contribution in [3.8, 4) is 0 Å². The molecule has 0 fully saturated rings. The molecule has 0 heterocycles. The lowest BCUT2D eigenvalue weighted by molar-refractivity contribution is -0.209. The van der Waals surface area contributed by atoms with Crippen molar-refractivity contribution >= 4 is 17.5 Å². The third-order valence-corrected chi connectivity index (χ3v) is 2.11. The largest absolute Gasteiger partial charge is 0.481 e. The molecule has 0 bridgehead atoms. The molecule has 0 aromatic carbocycles. The Morgan fingerprint density at radius 2 is 1.50 bits per heavy atom. The van der Waals surface area contributed by atoms with E-state index >= 15 is 0 Å². The molecule has 0 radical (unpaired) electrons. The lowest BCUT2D eigenvalue weighted by atomic mass is 9.84. The number of hydrogen-bond donors (Lipinski definition) is 1. The van der Waals surface area contributed by atoms with Gasteiger partial charge in [0.1, 0.15) is 11.8 Å². The molecule has 0 aromatic rings. The number of halogens is 3. The van der Waals surface area contributed by atoms with Crippen molar-refractivity contribution in [3.05, 3.63) is 0 Å². The number of Topliss-reactive ketones (excluding diaryl/α,β-unsaturated/α-hetero) is 2. The number of aliphatic carboxylic acids is 1. The van der Waals surface area contributed by atoms with Crippen molar-refractivity contribution in [1.82, 2.24) is 0 Å². The fraction of sp³-hybridized carbons (Fsp3) is 0.667. The molecule has 4 nitrogen and oxygen atoms in total. The molecule has 0 atom stereocenters. The van der Waals surface area contributed by atoms with Crippen LogP contribution in [0.1, 0.15) is 26.7 Å². The molecule has 0 saturated carbocycles. The van der Waals surface area contributed by atoms with E-state index in [0.717, 1.165) is 0 Å². The SMILES string of the molecule is CC(C)(C(=O)CC(=O)CC(=O)O)C(F)(F)F. The molecular formula is C9H11F3O4. The van der Waals surface area contributed by atoms with Crippen LogP contribution in [0, 0.1) is 5.41 Å². The van der Waals surface area contributed by atoms with Crippen LogP contribution in [0.3, 0.4) is 0 Å². The first-order chi connectivity index (χ1) is 6.98. The van der Waals surface area contributed by atoms with E-state index in [4.69, 9.17) is 5.11 Å². The molecule has 92 valence electrons. The molecule has 7 heteroatoms. The van der Waals surface area contributed by atoms with Gasteiger partial charge in [-0.05, 0) is 13.8 Å². The minimum absolute atomic E-state index is 0.656. The van der Waals surface area contributed by atoms with Crippen molar-refractivity contribution in [3.63, 3.8) is 0 Å². The Bertz CT molecular complexity index is 317. The molecule has 0 saturated heterocycles. The molecule has 16 heavy (non-hydrogen) atoms. The first-order valence-corrected chi connectivity index (χ1v) is 4.32. The fourth-order valence-electron chi connectivity index (χ4n) is 0.789. The number of carboxylic acid groups (broad SMARTS) is 1. The predicted molar refractivity (Wildman–Crippen MR) is 46.7 cm³/mol. The van der Waals surface area contributed by atoms with Crippen LogP contribution < -0.4 is 0 Å². The summed E-state index contributed by atoms with van der Waals surface area (Å²) in [5, 5.41) is 8.21. The van der Waals surface area contributed by atoms with Crippen LogP contribution >= 0.6 is 0 Å². The van der Waals surface area contributed by atoms with E-state index in [1.54, 1.807) is 0 Å². The van der Waals surface area contributed by atoms with Gasteiger partial charge >= 0.3 is 12.1 Å². The summed E-state index contributed by atoms with van der Waals surface area (Å²) in [5.74, 6) is -3.83. The van der Waals surface area contributed by atoms with E-state index in [0.29, 0.717) is 13.8 Å². The van der Waals surface area contributed by atoms with Gasteiger partial charge in [-0.25, -0.2) is 0 Å². The molecule has 0 spiro atoms. The third-order valence-electron chi connectivity index (χ3n) is 2.11. The standard InChI is InChI=1S/C9H11F3O4/c1-8(2,9(10,11)12)6(14)3-5(13)4-7(15)16/h3-4H2,1-2H3,(H,15,16). The molecule has 0 unspecified atom stereocenters. The predicted octanol–water partition coefficient (Wildman–Crippen LogP) is 1.58. The van der Waals surface area contributed by atoms with E-state index in [1.807, 2.05) is 0 Å². The van der Waals surface area contributed by atoms with E-state index in [1.165, 1.54) is 0 Å². The number of carboxylic acids is 1. The van der Waals surface area contributed by atoms with Crippen LogP contribution in [0.2, 0.25) is 0 Å². The zero-order valence-electron chi connectivity index (χ0n) is 8.72. The Morgan fingerprint density at radius 1 is 1.06 bits per heavy atom. The van der Waals surface area contributed by atoms with Crippen LogP contribution in [0.25, 0.3) is 0 Å². The van der Waals surface area contributed by atoms with Gasteiger partial charge in [0.15, 0.2) is 11.6 Å². The highest BCUT2D eigenvalue weighted by Gasteiger charge is 2.52. The van der Waals surface area contributed by atoms with Gasteiger partial charge in [0.05, 0.1) is 6.42 Å². The first kappa shape index (κ1) is 14.6. The smallest absolute Gasteiger partial charge is 0.400 e. The lowest BCUT2D eigenvalue weighted by Crippen LogP contribution is -2.40. The molecule has 0 rings (SSSR count). The summed E-state index contributed by atoms with van der Waals surface area (Å²) in [6.07, 6.45) is -6.72. The van der Waals surface area contributed by atoms with E-state index in [-0.39, 0.29) is 0 Å². The monoisotopic (exact) mass is 240 g/mol. The maximum absolute atomic E-state index is 12.3. The van der Waals surface area contributed by atoms with Crippen LogP contribution in [0.5, 0.6) is 0 Å². The summed E-state index contributed by atoms with van der Waals surface area (Å²) in [6, 6.07) is 0. The summed E-state index contributed by atoms with van der Waals surface area (Å²) < 4.78 is 37.0. The van der Waals surface area contributed by atoms with E-state index in [2.05, 4.69) is 0 Å². The van der Waals surface area contributed by atoms with Crippen molar-refractivity contribution in [2.24, 2.45) is 5.41 Å². The normalized spacial score (nSPS) is 12.3. The van der Waals surface area contributed by atoms with Gasteiger partial charge in [-0.1, -0.05) is 0 Å². The van der Waals surface area contributed by atoms with Crippen LogP contribution in [0.4, 0.5) is 13.2 Å². The van der Waals surface area contributed by atoms with Gasteiger partial charge in [0, 0.05) is 0 Å². The highest BCUT2D eigenvalue weighted by Crippen LogP contribution is 2.38. The van der Waals surface area contributed by atoms with Crippen molar-refractivity contribution in [2.45, 2.75) is 32.9 Å². The number of carbonyl (C=O) groups excluding carboxylic acids is 2. The molecule has 0 aliphatic carbocycles. The minimum atomic E-state index is -4.76. The van der Waals surface area contributed by atoms with Gasteiger partial charge in [0.25, 0.3) is 0 Å². The first-order valence-electron chi connectivity index (χ1n) is 4.32. The third kappa shape index (κ3) is 3.63. The van der Waals surface area contributed by atoms with Gasteiger partial charge in [-0.3, -0.25) is 14.4 Å². The second-order valence-electron chi connectivity index (χ2n) is 3.83. The number of alkyl halides is 3. The van der Waals surface area contributed by atoms with Crippen LogP contribution in [-0.4, -0.2) is 28.8 Å². The number of carbonyl (C=O) groups is 3. The van der Waals surface area contributed by atoms with Crippen molar-refractivity contribution in [2.75, 3.05) is 0 Å². The molecule has 0 aliphatic rings. The Labute approximate surface area is 89.4 Å². The maximum atomic E-state index is 12.3. The van der Waals surface area contributed by atoms with Crippen molar-refractivity contribution in [1.29, 1.82) is 0 Å².